The number of nitrogens with one attached hydrogen (secondary N) is 1. The van der Waals surface area contributed by atoms with Crippen LogP contribution in [0.4, 0.5) is 5.82 Å². The SMILES string of the molecule is Cn1cnnc1-c1cc(C#N)ccc1-c1cc(C2CC2)nc(N2Cc3ccc([C@H]4COC[C@@H](C5CCC5)N4)cc3C2=O)c1. The Kier molecular flexibility index (Phi) is 6.35. The number of morpholine rings is 1. The number of hydrogen-bond donors (Lipinski definition) is 1. The molecule has 4 aliphatic rings. The lowest BCUT2D eigenvalue weighted by molar-refractivity contribution is 0.0122. The van der Waals surface area contributed by atoms with Gasteiger partial charge in [0.2, 0.25) is 0 Å². The van der Waals surface area contributed by atoms with Gasteiger partial charge in [-0.3, -0.25) is 9.69 Å². The first-order valence-corrected chi connectivity index (χ1v) is 15.2. The van der Waals surface area contributed by atoms with E-state index in [1.165, 1.54) is 19.3 Å². The van der Waals surface area contributed by atoms with Crippen LogP contribution in [0.2, 0.25) is 0 Å². The van der Waals surface area contributed by atoms with Crippen molar-refractivity contribution in [2.75, 3.05) is 18.1 Å². The number of rotatable bonds is 6. The van der Waals surface area contributed by atoms with Crippen LogP contribution in [0, 0.1) is 17.2 Å². The Morgan fingerprint density at radius 1 is 1.00 bits per heavy atom. The van der Waals surface area contributed by atoms with Crippen molar-refractivity contribution in [2.45, 2.75) is 56.7 Å². The van der Waals surface area contributed by atoms with Crippen molar-refractivity contribution in [3.05, 3.63) is 82.8 Å². The van der Waals surface area contributed by atoms with Gasteiger partial charge in [-0.2, -0.15) is 5.26 Å². The fraction of sp³-hybridized carbons (Fsp3) is 0.382. The summed E-state index contributed by atoms with van der Waals surface area (Å²) in [6, 6.07) is 18.8. The number of aromatic nitrogens is 4. The van der Waals surface area contributed by atoms with Gasteiger partial charge < -0.3 is 14.6 Å². The van der Waals surface area contributed by atoms with Crippen LogP contribution in [-0.2, 0) is 18.3 Å². The van der Waals surface area contributed by atoms with E-state index in [4.69, 9.17) is 9.72 Å². The summed E-state index contributed by atoms with van der Waals surface area (Å²) in [6.07, 6.45) is 7.68. The van der Waals surface area contributed by atoms with Crippen molar-refractivity contribution in [1.82, 2.24) is 25.1 Å². The number of ether oxygens (including phenoxy) is 1. The highest BCUT2D eigenvalue weighted by molar-refractivity contribution is 6.10. The molecule has 0 radical (unpaired) electrons. The summed E-state index contributed by atoms with van der Waals surface area (Å²) in [7, 11) is 1.89. The maximum absolute atomic E-state index is 14.0. The molecule has 8 rings (SSSR count). The minimum absolute atomic E-state index is 0.0242. The van der Waals surface area contributed by atoms with Crippen LogP contribution in [0.1, 0.15) is 76.8 Å². The maximum atomic E-state index is 14.0. The molecule has 2 aromatic heterocycles. The third-order valence-electron chi connectivity index (χ3n) is 9.57. The first-order chi connectivity index (χ1) is 21.1. The van der Waals surface area contributed by atoms with Gasteiger partial charge in [0, 0.05) is 35.8 Å². The van der Waals surface area contributed by atoms with E-state index in [-0.39, 0.29) is 11.9 Å². The molecule has 2 aromatic carbocycles. The summed E-state index contributed by atoms with van der Waals surface area (Å²) in [5.74, 6) is 2.39. The number of nitrogens with zero attached hydrogens (tertiary/aromatic N) is 6. The smallest absolute Gasteiger partial charge is 0.260 e. The quantitative estimate of drug-likeness (QED) is 0.335. The van der Waals surface area contributed by atoms with Crippen molar-refractivity contribution in [3.8, 4) is 28.6 Å². The van der Waals surface area contributed by atoms with Gasteiger partial charge in [0.15, 0.2) is 5.82 Å². The molecule has 2 aliphatic heterocycles. The molecule has 43 heavy (non-hydrogen) atoms. The van der Waals surface area contributed by atoms with Gasteiger partial charge in [-0.05, 0) is 84.2 Å². The summed E-state index contributed by atoms with van der Waals surface area (Å²) < 4.78 is 7.85. The lowest BCUT2D eigenvalue weighted by Crippen LogP contribution is -2.49. The predicted octanol–water partition coefficient (Wildman–Crippen LogP) is 5.28. The molecule has 216 valence electrons. The first-order valence-electron chi connectivity index (χ1n) is 15.2. The lowest BCUT2D eigenvalue weighted by atomic mass is 9.79. The highest BCUT2D eigenvalue weighted by Crippen LogP contribution is 2.43. The van der Waals surface area contributed by atoms with Gasteiger partial charge >= 0.3 is 0 Å². The van der Waals surface area contributed by atoms with Crippen LogP contribution in [0.5, 0.6) is 0 Å². The van der Waals surface area contributed by atoms with Crippen LogP contribution in [0.3, 0.4) is 0 Å². The van der Waals surface area contributed by atoms with Gasteiger partial charge in [-0.25, -0.2) is 4.98 Å². The number of benzene rings is 2. The van der Waals surface area contributed by atoms with E-state index >= 15 is 0 Å². The van der Waals surface area contributed by atoms with E-state index in [2.05, 4.69) is 45.8 Å². The standard InChI is InChI=1S/C34H33N7O2/c1-40-19-36-39-33(40)28-11-20(15-35)5-10-26(28)25-13-29(22-6-7-22)38-32(14-25)41-16-24-9-8-23(12-27(24)34(41)42)31-18-43-17-30(37-31)21-3-2-4-21/h5,8-14,19,21-22,30-31,37H,2-4,6-7,16-18H2,1H3/t30-,31+/m0/s1. The normalized spacial score (nSPS) is 21.9. The van der Waals surface area contributed by atoms with Crippen LogP contribution < -0.4 is 10.2 Å². The van der Waals surface area contributed by atoms with Crippen molar-refractivity contribution >= 4 is 11.7 Å². The van der Waals surface area contributed by atoms with Gasteiger partial charge in [-0.1, -0.05) is 24.6 Å². The van der Waals surface area contributed by atoms with E-state index in [9.17, 15) is 10.1 Å². The molecular formula is C34H33N7O2. The Morgan fingerprint density at radius 2 is 1.88 bits per heavy atom. The lowest BCUT2D eigenvalue weighted by Gasteiger charge is -2.40. The third kappa shape index (κ3) is 4.71. The maximum Gasteiger partial charge on any atom is 0.260 e. The molecule has 0 spiro atoms. The van der Waals surface area contributed by atoms with E-state index in [0.717, 1.165) is 58.5 Å². The van der Waals surface area contributed by atoms with E-state index < -0.39 is 0 Å². The molecule has 0 bridgehead atoms. The number of aryl methyl sites for hydroxylation is 1. The minimum Gasteiger partial charge on any atom is -0.378 e. The number of anilines is 1. The topological polar surface area (TPSA) is 109 Å². The van der Waals surface area contributed by atoms with Gasteiger partial charge in [0.05, 0.1) is 37.4 Å². The average molecular weight is 572 g/mol. The largest absolute Gasteiger partial charge is 0.378 e. The molecule has 4 heterocycles. The van der Waals surface area contributed by atoms with Crippen LogP contribution in [-0.4, -0.2) is 44.9 Å². The molecule has 2 saturated carbocycles. The van der Waals surface area contributed by atoms with Crippen molar-refractivity contribution in [2.24, 2.45) is 13.0 Å². The van der Waals surface area contributed by atoms with Crippen LogP contribution in [0.15, 0.2) is 54.9 Å². The third-order valence-corrected chi connectivity index (χ3v) is 9.57. The summed E-state index contributed by atoms with van der Waals surface area (Å²) in [5, 5.41) is 21.8. The van der Waals surface area contributed by atoms with Gasteiger partial charge in [0.1, 0.15) is 12.1 Å². The number of amides is 1. The van der Waals surface area contributed by atoms with E-state index in [0.29, 0.717) is 48.2 Å². The summed E-state index contributed by atoms with van der Waals surface area (Å²) in [5.41, 5.74) is 7.10. The monoisotopic (exact) mass is 571 g/mol. The molecule has 9 heteroatoms. The number of fused-ring (bicyclic) bond motifs is 1. The Balaban J connectivity index is 1.14. The number of carbonyl (C=O) groups is 1. The second-order valence-electron chi connectivity index (χ2n) is 12.4. The molecule has 1 N–H and O–H groups in total. The predicted molar refractivity (Wildman–Crippen MR) is 161 cm³/mol. The zero-order chi connectivity index (χ0) is 29.1. The minimum atomic E-state index is -0.0242. The number of pyridine rings is 1. The number of hydrogen-bond acceptors (Lipinski definition) is 7. The Morgan fingerprint density at radius 3 is 2.63 bits per heavy atom. The average Bonchev–Trinajstić information content (AvgIpc) is 3.70. The Labute approximate surface area is 250 Å². The highest BCUT2D eigenvalue weighted by Gasteiger charge is 2.35. The summed E-state index contributed by atoms with van der Waals surface area (Å²) in [6.45, 7) is 1.87. The second kappa shape index (κ2) is 10.4. The fourth-order valence-corrected chi connectivity index (χ4v) is 6.69. The van der Waals surface area contributed by atoms with E-state index in [1.807, 2.05) is 35.9 Å². The molecule has 1 amide bonds. The zero-order valence-electron chi connectivity index (χ0n) is 24.2. The molecule has 3 fully saturated rings. The molecule has 1 saturated heterocycles. The highest BCUT2D eigenvalue weighted by atomic mass is 16.5. The summed E-state index contributed by atoms with van der Waals surface area (Å²) >= 11 is 0. The Hall–Kier alpha value is -4.39. The zero-order valence-corrected chi connectivity index (χ0v) is 24.2. The number of nitriles is 1. The second-order valence-corrected chi connectivity index (χ2v) is 12.4. The van der Waals surface area contributed by atoms with Crippen molar-refractivity contribution in [3.63, 3.8) is 0 Å². The van der Waals surface area contributed by atoms with Gasteiger partial charge in [-0.15, -0.1) is 10.2 Å². The fourth-order valence-electron chi connectivity index (χ4n) is 6.69. The molecule has 4 aromatic rings. The molecule has 0 unspecified atom stereocenters. The number of carbonyl (C=O) groups excluding carboxylic acids is 1. The molecule has 2 atom stereocenters. The van der Waals surface area contributed by atoms with Crippen LogP contribution in [0.25, 0.3) is 22.5 Å². The van der Waals surface area contributed by atoms with Crippen LogP contribution >= 0.6 is 0 Å². The van der Waals surface area contributed by atoms with E-state index in [1.54, 1.807) is 11.2 Å². The van der Waals surface area contributed by atoms with Crippen molar-refractivity contribution in [1.29, 1.82) is 5.26 Å². The molecule has 9 nitrogen and oxygen atoms in total. The molecular weight excluding hydrogens is 538 g/mol. The molecule has 2 aliphatic carbocycles. The van der Waals surface area contributed by atoms with Crippen molar-refractivity contribution < 1.29 is 9.53 Å². The Bertz CT molecular complexity index is 1780. The summed E-state index contributed by atoms with van der Waals surface area (Å²) in [4.78, 5) is 20.8. The van der Waals surface area contributed by atoms with Gasteiger partial charge in [0.25, 0.3) is 5.91 Å². The first kappa shape index (κ1) is 26.3.